The first kappa shape index (κ1) is 13.8. The van der Waals surface area contributed by atoms with Gasteiger partial charge in [-0.1, -0.05) is 6.07 Å². The molecule has 1 heterocycles. The van der Waals surface area contributed by atoms with Gasteiger partial charge in [-0.2, -0.15) is 13.2 Å². The Hall–Kier alpha value is -1.63. The van der Waals surface area contributed by atoms with E-state index in [-0.39, 0.29) is 10.2 Å². The first-order valence-electron chi connectivity index (χ1n) is 4.95. The van der Waals surface area contributed by atoms with Gasteiger partial charge in [-0.15, -0.1) is 0 Å². The number of rotatable bonds is 2. The van der Waals surface area contributed by atoms with E-state index in [1.807, 2.05) is 0 Å². The maximum absolute atomic E-state index is 13.7. The normalized spacial score (nSPS) is 11.6. The molecule has 2 nitrogen and oxygen atoms in total. The van der Waals surface area contributed by atoms with Crippen molar-refractivity contribution in [3.8, 4) is 0 Å². The number of halogens is 5. The van der Waals surface area contributed by atoms with E-state index in [0.717, 1.165) is 12.1 Å². The monoisotopic (exact) mass is 336 g/mol. The van der Waals surface area contributed by atoms with Crippen LogP contribution in [-0.2, 0) is 6.18 Å². The molecule has 1 aromatic carbocycles. The van der Waals surface area contributed by atoms with Gasteiger partial charge in [-0.05, 0) is 34.1 Å². The van der Waals surface area contributed by atoms with E-state index >= 15 is 0 Å². The number of benzene rings is 1. The Balaban J connectivity index is 2.53. The van der Waals surface area contributed by atoms with E-state index in [1.54, 1.807) is 0 Å². The fraction of sp³-hybridized carbons (Fsp3) is 0.0833. The van der Waals surface area contributed by atoms with Crippen LogP contribution in [0.15, 0.2) is 39.4 Å². The fourth-order valence-corrected chi connectivity index (χ4v) is 1.89. The van der Waals surface area contributed by atoms with Crippen LogP contribution in [0.3, 0.4) is 0 Å². The van der Waals surface area contributed by atoms with Crippen LogP contribution < -0.4 is 0 Å². The fourth-order valence-electron chi connectivity index (χ4n) is 1.50. The highest BCUT2D eigenvalue weighted by Crippen LogP contribution is 2.33. The topological polar surface area (TPSA) is 30.2 Å². The molecule has 0 atom stereocenters. The summed E-state index contributed by atoms with van der Waals surface area (Å²) in [5.41, 5.74) is -2.17. The minimum absolute atomic E-state index is 0.245. The van der Waals surface area contributed by atoms with Crippen molar-refractivity contribution < 1.29 is 26.8 Å². The quantitative estimate of drug-likeness (QED) is 0.599. The molecule has 0 amide bonds. The molecule has 0 bridgehead atoms. The summed E-state index contributed by atoms with van der Waals surface area (Å²) in [4.78, 5) is 11.9. The Labute approximate surface area is 113 Å². The van der Waals surface area contributed by atoms with Crippen LogP contribution in [-0.4, -0.2) is 5.78 Å². The molecule has 0 aliphatic carbocycles. The van der Waals surface area contributed by atoms with Crippen molar-refractivity contribution in [2.75, 3.05) is 0 Å². The average Bonchev–Trinajstić information content (AvgIpc) is 2.73. The second kappa shape index (κ2) is 4.80. The second-order valence-corrected chi connectivity index (χ2v) is 4.45. The Morgan fingerprint density at radius 2 is 1.89 bits per heavy atom. The number of alkyl halides is 3. The predicted molar refractivity (Wildman–Crippen MR) is 61.2 cm³/mol. The highest BCUT2D eigenvalue weighted by atomic mass is 79.9. The average molecular weight is 337 g/mol. The van der Waals surface area contributed by atoms with E-state index in [0.29, 0.717) is 6.07 Å². The highest BCUT2D eigenvalue weighted by Gasteiger charge is 2.36. The SMILES string of the molecule is O=C(c1cccc(C(F)(F)F)c1F)c1occc1Br. The molecule has 0 fully saturated rings. The molecule has 0 unspecified atom stereocenters. The van der Waals surface area contributed by atoms with Crippen molar-refractivity contribution in [3.63, 3.8) is 0 Å². The number of hydrogen-bond acceptors (Lipinski definition) is 2. The third-order valence-electron chi connectivity index (χ3n) is 2.37. The van der Waals surface area contributed by atoms with Crippen LogP contribution in [0.2, 0.25) is 0 Å². The van der Waals surface area contributed by atoms with Crippen LogP contribution >= 0.6 is 15.9 Å². The number of carbonyl (C=O) groups excluding carboxylic acids is 1. The third kappa shape index (κ3) is 2.56. The number of ketones is 1. The summed E-state index contributed by atoms with van der Waals surface area (Å²) >= 11 is 2.99. The zero-order valence-corrected chi connectivity index (χ0v) is 10.7. The molecular weight excluding hydrogens is 332 g/mol. The van der Waals surface area contributed by atoms with E-state index in [4.69, 9.17) is 4.42 Å². The van der Waals surface area contributed by atoms with Crippen LogP contribution in [0, 0.1) is 5.82 Å². The lowest BCUT2D eigenvalue weighted by Crippen LogP contribution is -2.13. The number of carbonyl (C=O) groups is 1. The maximum Gasteiger partial charge on any atom is 0.419 e. The lowest BCUT2D eigenvalue weighted by molar-refractivity contribution is -0.140. The first-order chi connectivity index (χ1) is 8.82. The molecule has 7 heteroatoms. The Morgan fingerprint density at radius 1 is 1.21 bits per heavy atom. The van der Waals surface area contributed by atoms with Gasteiger partial charge in [0.15, 0.2) is 5.76 Å². The van der Waals surface area contributed by atoms with Crippen LogP contribution in [0.1, 0.15) is 21.7 Å². The summed E-state index contributed by atoms with van der Waals surface area (Å²) in [5, 5.41) is 0. The Bertz CT molecular complexity index is 631. The molecule has 100 valence electrons. The zero-order chi connectivity index (χ0) is 14.2. The molecule has 19 heavy (non-hydrogen) atoms. The minimum Gasteiger partial charge on any atom is -0.460 e. The summed E-state index contributed by atoms with van der Waals surface area (Å²) in [5.74, 6) is -2.82. The molecule has 0 saturated carbocycles. The summed E-state index contributed by atoms with van der Waals surface area (Å²) < 4.78 is 56.4. The van der Waals surface area contributed by atoms with Gasteiger partial charge in [0.25, 0.3) is 0 Å². The molecule has 0 saturated heterocycles. The van der Waals surface area contributed by atoms with Gasteiger partial charge in [0.1, 0.15) is 5.82 Å². The number of furan rings is 1. The van der Waals surface area contributed by atoms with Crippen molar-refractivity contribution in [3.05, 3.63) is 57.7 Å². The maximum atomic E-state index is 13.7. The lowest BCUT2D eigenvalue weighted by atomic mass is 10.0. The van der Waals surface area contributed by atoms with E-state index < -0.39 is 28.9 Å². The van der Waals surface area contributed by atoms with Crippen LogP contribution in [0.4, 0.5) is 17.6 Å². The third-order valence-corrected chi connectivity index (χ3v) is 3.00. The van der Waals surface area contributed by atoms with E-state index in [1.165, 1.54) is 12.3 Å². The predicted octanol–water partition coefficient (Wildman–Crippen LogP) is 4.43. The molecule has 0 aliphatic heterocycles. The van der Waals surface area contributed by atoms with Crippen LogP contribution in [0.25, 0.3) is 0 Å². The van der Waals surface area contributed by atoms with Gasteiger partial charge in [0.05, 0.1) is 21.9 Å². The lowest BCUT2D eigenvalue weighted by Gasteiger charge is -2.09. The van der Waals surface area contributed by atoms with Gasteiger partial charge in [-0.3, -0.25) is 4.79 Å². The van der Waals surface area contributed by atoms with E-state index in [9.17, 15) is 22.4 Å². The molecule has 0 N–H and O–H groups in total. The zero-order valence-electron chi connectivity index (χ0n) is 9.09. The number of hydrogen-bond donors (Lipinski definition) is 0. The van der Waals surface area contributed by atoms with Gasteiger partial charge in [-0.25, -0.2) is 4.39 Å². The molecule has 0 spiro atoms. The second-order valence-electron chi connectivity index (χ2n) is 3.59. The molecule has 1 aromatic heterocycles. The highest BCUT2D eigenvalue weighted by molar-refractivity contribution is 9.10. The van der Waals surface area contributed by atoms with Crippen LogP contribution in [0.5, 0.6) is 0 Å². The molecule has 2 aromatic rings. The standard InChI is InChI=1S/C12H5BrF4O2/c13-8-4-5-19-11(8)10(18)6-2-1-3-7(9(6)14)12(15,16)17/h1-5H. The summed E-state index contributed by atoms with van der Waals surface area (Å²) in [6.07, 6.45) is -3.69. The minimum atomic E-state index is -4.86. The van der Waals surface area contributed by atoms with Crippen molar-refractivity contribution in [1.29, 1.82) is 0 Å². The molecular formula is C12H5BrF4O2. The summed E-state index contributed by atoms with van der Waals surface area (Å²) in [6.45, 7) is 0. The largest absolute Gasteiger partial charge is 0.460 e. The molecule has 0 aliphatic rings. The Kier molecular flexibility index (Phi) is 3.49. The van der Waals surface area contributed by atoms with Crippen molar-refractivity contribution in [2.24, 2.45) is 0 Å². The van der Waals surface area contributed by atoms with Gasteiger partial charge in [0, 0.05) is 0 Å². The molecule has 0 radical (unpaired) electrons. The van der Waals surface area contributed by atoms with E-state index in [2.05, 4.69) is 15.9 Å². The van der Waals surface area contributed by atoms with Gasteiger partial charge >= 0.3 is 6.18 Å². The first-order valence-corrected chi connectivity index (χ1v) is 5.75. The summed E-state index contributed by atoms with van der Waals surface area (Å²) in [6, 6.07) is 3.90. The van der Waals surface area contributed by atoms with Crippen molar-refractivity contribution in [1.82, 2.24) is 0 Å². The van der Waals surface area contributed by atoms with Crippen molar-refractivity contribution in [2.45, 2.75) is 6.18 Å². The summed E-state index contributed by atoms with van der Waals surface area (Å²) in [7, 11) is 0. The van der Waals surface area contributed by atoms with Gasteiger partial charge < -0.3 is 4.42 Å². The van der Waals surface area contributed by atoms with Crippen molar-refractivity contribution >= 4 is 21.7 Å². The Morgan fingerprint density at radius 3 is 2.42 bits per heavy atom. The molecule has 2 rings (SSSR count). The smallest absolute Gasteiger partial charge is 0.419 e. The van der Waals surface area contributed by atoms with Gasteiger partial charge in [0.2, 0.25) is 5.78 Å².